The Morgan fingerprint density at radius 2 is 1.89 bits per heavy atom. The van der Waals surface area contributed by atoms with Crippen LogP contribution in [0.3, 0.4) is 0 Å². The molecule has 0 saturated heterocycles. The lowest BCUT2D eigenvalue weighted by Crippen LogP contribution is -2.30. The van der Waals surface area contributed by atoms with E-state index in [9.17, 15) is 0 Å². The molecular weight excluding hydrogens is 230 g/mol. The van der Waals surface area contributed by atoms with Crippen molar-refractivity contribution in [1.82, 2.24) is 0 Å². The van der Waals surface area contributed by atoms with Crippen molar-refractivity contribution < 1.29 is 14.2 Å². The first-order valence-corrected chi connectivity index (χ1v) is 5.95. The van der Waals surface area contributed by atoms with Gasteiger partial charge in [0.15, 0.2) is 11.5 Å². The van der Waals surface area contributed by atoms with E-state index < -0.39 is 0 Å². The summed E-state index contributed by atoms with van der Waals surface area (Å²) in [6.07, 6.45) is 0. The molecular formula is C14H19NO3. The lowest BCUT2D eigenvalue weighted by molar-refractivity contribution is 0.157. The topological polar surface area (TPSA) is 40.0 Å². The van der Waals surface area contributed by atoms with Crippen LogP contribution in [0.5, 0.6) is 11.5 Å². The fourth-order valence-corrected chi connectivity index (χ4v) is 1.78. The molecule has 0 saturated carbocycles. The third kappa shape index (κ3) is 2.58. The molecule has 0 atom stereocenters. The van der Waals surface area contributed by atoms with E-state index in [1.165, 1.54) is 0 Å². The van der Waals surface area contributed by atoms with Crippen LogP contribution in [0, 0.1) is 5.41 Å². The molecule has 0 aromatic heterocycles. The second-order valence-electron chi connectivity index (χ2n) is 5.14. The second kappa shape index (κ2) is 4.88. The molecule has 0 unspecified atom stereocenters. The minimum absolute atomic E-state index is 0.111. The number of benzene rings is 1. The van der Waals surface area contributed by atoms with Crippen LogP contribution in [0.1, 0.15) is 19.4 Å². The van der Waals surface area contributed by atoms with Crippen molar-refractivity contribution in [3.8, 4) is 11.5 Å². The van der Waals surface area contributed by atoms with Gasteiger partial charge in [-0.25, -0.2) is 0 Å². The average Bonchev–Trinajstić information content (AvgIpc) is 2.38. The summed E-state index contributed by atoms with van der Waals surface area (Å²) in [6.45, 7) is 5.74. The Morgan fingerprint density at radius 1 is 1.17 bits per heavy atom. The molecule has 98 valence electrons. The van der Waals surface area contributed by atoms with Gasteiger partial charge in [-0.15, -0.1) is 0 Å². The molecule has 18 heavy (non-hydrogen) atoms. The van der Waals surface area contributed by atoms with Gasteiger partial charge in [-0.3, -0.25) is 4.99 Å². The van der Waals surface area contributed by atoms with E-state index >= 15 is 0 Å². The summed E-state index contributed by atoms with van der Waals surface area (Å²) < 4.78 is 16.2. The Kier molecular flexibility index (Phi) is 3.45. The molecule has 4 heteroatoms. The van der Waals surface area contributed by atoms with Gasteiger partial charge in [0.25, 0.3) is 0 Å². The minimum atomic E-state index is 0.111. The molecule has 4 nitrogen and oxygen atoms in total. The maximum atomic E-state index is 5.71. The fraction of sp³-hybridized carbons (Fsp3) is 0.500. The maximum absolute atomic E-state index is 5.71. The third-order valence-corrected chi connectivity index (χ3v) is 2.88. The Labute approximate surface area is 108 Å². The van der Waals surface area contributed by atoms with Gasteiger partial charge in [0.05, 0.1) is 27.4 Å². The molecule has 1 aliphatic rings. The molecule has 0 N–H and O–H groups in total. The largest absolute Gasteiger partial charge is 0.493 e. The zero-order chi connectivity index (χ0) is 13.2. The quantitative estimate of drug-likeness (QED) is 0.826. The van der Waals surface area contributed by atoms with E-state index in [-0.39, 0.29) is 5.41 Å². The lowest BCUT2D eigenvalue weighted by atomic mass is 9.94. The molecule has 2 rings (SSSR count). The highest BCUT2D eigenvalue weighted by molar-refractivity contribution is 5.95. The van der Waals surface area contributed by atoms with Gasteiger partial charge >= 0.3 is 0 Å². The summed E-state index contributed by atoms with van der Waals surface area (Å²) in [7, 11) is 3.24. The van der Waals surface area contributed by atoms with Crippen molar-refractivity contribution >= 4 is 5.90 Å². The number of nitrogens with zero attached hydrogens (tertiary/aromatic N) is 1. The summed E-state index contributed by atoms with van der Waals surface area (Å²) in [6, 6.07) is 5.67. The lowest BCUT2D eigenvalue weighted by Gasteiger charge is -2.28. The van der Waals surface area contributed by atoms with Crippen molar-refractivity contribution in [2.45, 2.75) is 13.8 Å². The number of hydrogen-bond acceptors (Lipinski definition) is 4. The Morgan fingerprint density at radius 3 is 2.44 bits per heavy atom. The maximum Gasteiger partial charge on any atom is 0.216 e. The van der Waals surface area contributed by atoms with Crippen LogP contribution in [0.4, 0.5) is 0 Å². The Bertz CT molecular complexity index is 466. The summed E-state index contributed by atoms with van der Waals surface area (Å²) in [5.41, 5.74) is 1.03. The van der Waals surface area contributed by atoms with Crippen molar-refractivity contribution in [1.29, 1.82) is 0 Å². The molecule has 1 heterocycles. The molecule has 0 spiro atoms. The minimum Gasteiger partial charge on any atom is -0.493 e. The van der Waals surface area contributed by atoms with Crippen molar-refractivity contribution in [2.24, 2.45) is 10.4 Å². The van der Waals surface area contributed by atoms with E-state index in [0.29, 0.717) is 24.0 Å². The third-order valence-electron chi connectivity index (χ3n) is 2.88. The van der Waals surface area contributed by atoms with E-state index in [4.69, 9.17) is 14.2 Å². The van der Waals surface area contributed by atoms with Crippen LogP contribution in [0.2, 0.25) is 0 Å². The van der Waals surface area contributed by atoms with Gasteiger partial charge in [-0.05, 0) is 18.2 Å². The normalized spacial score (nSPS) is 17.7. The number of hydrogen-bond donors (Lipinski definition) is 0. The van der Waals surface area contributed by atoms with Gasteiger partial charge in [0.2, 0.25) is 5.90 Å². The summed E-state index contributed by atoms with van der Waals surface area (Å²) in [5.74, 6) is 2.07. The predicted molar refractivity (Wildman–Crippen MR) is 70.7 cm³/mol. The summed E-state index contributed by atoms with van der Waals surface area (Å²) in [4.78, 5) is 4.48. The fourth-order valence-electron chi connectivity index (χ4n) is 1.78. The van der Waals surface area contributed by atoms with E-state index in [0.717, 1.165) is 12.1 Å². The van der Waals surface area contributed by atoms with Gasteiger partial charge in [-0.2, -0.15) is 0 Å². The number of aliphatic imine (C=N–C) groups is 1. The molecule has 1 aromatic rings. The molecule has 1 aromatic carbocycles. The van der Waals surface area contributed by atoms with Gasteiger partial charge in [0, 0.05) is 11.0 Å². The Balaban J connectivity index is 2.27. The van der Waals surface area contributed by atoms with Crippen LogP contribution in [-0.4, -0.2) is 33.3 Å². The van der Waals surface area contributed by atoms with E-state index in [1.807, 2.05) is 18.2 Å². The van der Waals surface area contributed by atoms with E-state index in [1.54, 1.807) is 14.2 Å². The highest BCUT2D eigenvalue weighted by Crippen LogP contribution is 2.29. The zero-order valence-electron chi connectivity index (χ0n) is 11.3. The zero-order valence-corrected chi connectivity index (χ0v) is 11.3. The molecule has 0 radical (unpaired) electrons. The molecule has 0 amide bonds. The van der Waals surface area contributed by atoms with Crippen LogP contribution < -0.4 is 9.47 Å². The average molecular weight is 249 g/mol. The second-order valence-corrected chi connectivity index (χ2v) is 5.14. The SMILES string of the molecule is COc1ccc(C2=NCC(C)(C)CO2)cc1OC. The highest BCUT2D eigenvalue weighted by Gasteiger charge is 2.25. The summed E-state index contributed by atoms with van der Waals surface area (Å²) in [5, 5.41) is 0. The Hall–Kier alpha value is -1.71. The standard InChI is InChI=1S/C14H19NO3/c1-14(2)8-15-13(18-9-14)10-5-6-11(16-3)12(7-10)17-4/h5-7H,8-9H2,1-4H3. The van der Waals surface area contributed by atoms with Crippen LogP contribution in [0.25, 0.3) is 0 Å². The first-order valence-electron chi connectivity index (χ1n) is 5.95. The van der Waals surface area contributed by atoms with Gasteiger partial charge in [-0.1, -0.05) is 13.8 Å². The van der Waals surface area contributed by atoms with Gasteiger partial charge in [0.1, 0.15) is 0 Å². The number of rotatable bonds is 3. The first-order chi connectivity index (χ1) is 8.55. The predicted octanol–water partition coefficient (Wildman–Crippen LogP) is 2.51. The monoisotopic (exact) mass is 249 g/mol. The molecule has 0 fully saturated rings. The molecule has 0 aliphatic carbocycles. The number of ether oxygens (including phenoxy) is 3. The van der Waals surface area contributed by atoms with Crippen LogP contribution in [0.15, 0.2) is 23.2 Å². The number of methoxy groups -OCH3 is 2. The highest BCUT2D eigenvalue weighted by atomic mass is 16.5. The van der Waals surface area contributed by atoms with Crippen molar-refractivity contribution in [2.75, 3.05) is 27.4 Å². The van der Waals surface area contributed by atoms with Gasteiger partial charge < -0.3 is 14.2 Å². The summed E-state index contributed by atoms with van der Waals surface area (Å²) >= 11 is 0. The molecule has 0 bridgehead atoms. The van der Waals surface area contributed by atoms with Crippen LogP contribution in [-0.2, 0) is 4.74 Å². The van der Waals surface area contributed by atoms with Crippen LogP contribution >= 0.6 is 0 Å². The molecule has 1 aliphatic heterocycles. The van der Waals surface area contributed by atoms with Crippen molar-refractivity contribution in [3.05, 3.63) is 23.8 Å². The van der Waals surface area contributed by atoms with Crippen molar-refractivity contribution in [3.63, 3.8) is 0 Å². The van der Waals surface area contributed by atoms with E-state index in [2.05, 4.69) is 18.8 Å². The smallest absolute Gasteiger partial charge is 0.216 e. The first kappa shape index (κ1) is 12.7.